The number of fused-ring (bicyclic) bond motifs is 1. The number of piperidine rings is 1. The van der Waals surface area contributed by atoms with Crippen molar-refractivity contribution in [2.24, 2.45) is 16.5 Å². The number of nitrogens with two attached hydrogens (primary N) is 1. The van der Waals surface area contributed by atoms with Crippen molar-refractivity contribution in [2.75, 3.05) is 19.6 Å². The highest BCUT2D eigenvalue weighted by Gasteiger charge is 2.54. The number of aliphatic hydroxyl groups excluding tert-OH is 1. The number of carbonyl (C=O) groups is 1. The standard InChI is InChI=1S/C23H26N4O5S/c24-33(30,31)18-3-1-15(2-4-18)22(29)27-9-6-23(7-10-27)12-17(23)13-26-21(28)19-11-16-5-8-25-14-20(16)32-19/h1-5,8,11,14,17,22,29H,6-7,9-10,12-13H2,(H,26,28)(H2,24,30,31). The third-order valence-electron chi connectivity index (χ3n) is 7.06. The lowest BCUT2D eigenvalue weighted by Gasteiger charge is -2.36. The van der Waals surface area contributed by atoms with Crippen LogP contribution in [0.2, 0.25) is 0 Å². The molecule has 4 N–H and O–H groups in total. The zero-order chi connectivity index (χ0) is 23.2. The Morgan fingerprint density at radius 2 is 2.00 bits per heavy atom. The van der Waals surface area contributed by atoms with Crippen LogP contribution in [0.15, 0.2) is 58.1 Å². The molecule has 3 heterocycles. The van der Waals surface area contributed by atoms with Gasteiger partial charge in [-0.1, -0.05) is 12.1 Å². The molecule has 1 spiro atoms. The van der Waals surface area contributed by atoms with Gasteiger partial charge >= 0.3 is 0 Å². The lowest BCUT2D eigenvalue weighted by atomic mass is 9.90. The molecule has 1 aliphatic carbocycles. The summed E-state index contributed by atoms with van der Waals surface area (Å²) in [5.74, 6) is 0.490. The monoisotopic (exact) mass is 470 g/mol. The number of likely N-dealkylation sites (tertiary alicyclic amines) is 1. The van der Waals surface area contributed by atoms with Crippen LogP contribution >= 0.6 is 0 Å². The number of aliphatic hydroxyl groups is 1. The van der Waals surface area contributed by atoms with Gasteiger partial charge in [0.05, 0.1) is 11.1 Å². The Hall–Kier alpha value is -2.79. The molecule has 1 saturated carbocycles. The molecule has 2 aromatic heterocycles. The second-order valence-electron chi connectivity index (χ2n) is 9.02. The molecule has 1 aromatic carbocycles. The Morgan fingerprint density at radius 3 is 2.67 bits per heavy atom. The third-order valence-corrected chi connectivity index (χ3v) is 7.99. The summed E-state index contributed by atoms with van der Waals surface area (Å²) in [5.41, 5.74) is 1.44. The highest BCUT2D eigenvalue weighted by molar-refractivity contribution is 7.89. The molecular formula is C23H26N4O5S. The SMILES string of the molecule is NS(=O)(=O)c1ccc(C(O)N2CCC3(CC2)CC3CNC(=O)c2cc3ccncc3o2)cc1. The zero-order valence-corrected chi connectivity index (χ0v) is 18.8. The van der Waals surface area contributed by atoms with Gasteiger partial charge in [0, 0.05) is 31.2 Å². The smallest absolute Gasteiger partial charge is 0.287 e. The van der Waals surface area contributed by atoms with Crippen LogP contribution in [0, 0.1) is 11.3 Å². The third kappa shape index (κ3) is 4.39. The van der Waals surface area contributed by atoms with E-state index >= 15 is 0 Å². The normalized spacial score (nSPS) is 21.2. The second kappa shape index (κ2) is 8.21. The van der Waals surface area contributed by atoms with Crippen LogP contribution < -0.4 is 10.5 Å². The van der Waals surface area contributed by atoms with E-state index in [1.807, 2.05) is 11.0 Å². The van der Waals surface area contributed by atoms with E-state index in [1.54, 1.807) is 30.6 Å². The van der Waals surface area contributed by atoms with E-state index in [9.17, 15) is 18.3 Å². The minimum atomic E-state index is -3.75. The molecule has 1 saturated heterocycles. The molecule has 1 aliphatic heterocycles. The number of amides is 1. The summed E-state index contributed by atoms with van der Waals surface area (Å²) in [6.07, 6.45) is 5.41. The van der Waals surface area contributed by atoms with Crippen molar-refractivity contribution in [1.82, 2.24) is 15.2 Å². The van der Waals surface area contributed by atoms with E-state index in [1.165, 1.54) is 12.1 Å². The van der Waals surface area contributed by atoms with Crippen LogP contribution in [0.25, 0.3) is 11.0 Å². The molecule has 5 rings (SSSR count). The van der Waals surface area contributed by atoms with E-state index in [0.29, 0.717) is 29.4 Å². The predicted octanol–water partition coefficient (Wildman–Crippen LogP) is 2.00. The first kappa shape index (κ1) is 22.0. The molecule has 2 fully saturated rings. The number of benzene rings is 1. The number of primary sulfonamides is 1. The van der Waals surface area contributed by atoms with Gasteiger partial charge in [-0.3, -0.25) is 14.7 Å². The number of nitrogens with zero attached hydrogens (tertiary/aromatic N) is 2. The number of sulfonamides is 1. The number of rotatable bonds is 6. The van der Waals surface area contributed by atoms with Crippen LogP contribution in [0.5, 0.6) is 0 Å². The van der Waals surface area contributed by atoms with Gasteiger partial charge in [-0.2, -0.15) is 0 Å². The lowest BCUT2D eigenvalue weighted by Crippen LogP contribution is -2.38. The van der Waals surface area contributed by atoms with Crippen LogP contribution in [0.1, 0.15) is 41.6 Å². The average molecular weight is 471 g/mol. The van der Waals surface area contributed by atoms with Crippen molar-refractivity contribution in [3.63, 3.8) is 0 Å². The number of hydrogen-bond donors (Lipinski definition) is 3. The summed E-state index contributed by atoms with van der Waals surface area (Å²) in [5, 5.41) is 19.7. The van der Waals surface area contributed by atoms with Crippen molar-refractivity contribution in [1.29, 1.82) is 0 Å². The largest absolute Gasteiger partial charge is 0.449 e. The van der Waals surface area contributed by atoms with Crippen molar-refractivity contribution in [3.8, 4) is 0 Å². The highest BCUT2D eigenvalue weighted by Crippen LogP contribution is 2.59. The number of carbonyl (C=O) groups excluding carboxylic acids is 1. The molecule has 2 atom stereocenters. The quantitative estimate of drug-likeness (QED) is 0.501. The Morgan fingerprint density at radius 1 is 1.27 bits per heavy atom. The van der Waals surface area contributed by atoms with Gasteiger partial charge in [0.2, 0.25) is 10.0 Å². The van der Waals surface area contributed by atoms with Gasteiger partial charge in [0.15, 0.2) is 11.3 Å². The zero-order valence-electron chi connectivity index (χ0n) is 18.0. The Balaban J connectivity index is 1.13. The van der Waals surface area contributed by atoms with Crippen LogP contribution in [-0.2, 0) is 10.0 Å². The molecule has 174 valence electrons. The molecule has 0 radical (unpaired) electrons. The number of aromatic nitrogens is 1. The van der Waals surface area contributed by atoms with Crippen LogP contribution in [0.4, 0.5) is 0 Å². The molecule has 1 amide bonds. The van der Waals surface area contributed by atoms with Gasteiger partial charge in [-0.15, -0.1) is 0 Å². The molecule has 2 aliphatic rings. The summed E-state index contributed by atoms with van der Waals surface area (Å²) in [6.45, 7) is 2.07. The van der Waals surface area contributed by atoms with E-state index < -0.39 is 16.3 Å². The van der Waals surface area contributed by atoms with Crippen molar-refractivity contribution in [3.05, 3.63) is 60.1 Å². The summed E-state index contributed by atoms with van der Waals surface area (Å²) in [6, 6.07) is 9.55. The topological polar surface area (TPSA) is 139 Å². The van der Waals surface area contributed by atoms with Gasteiger partial charge in [-0.05, 0) is 60.4 Å². The molecule has 3 aromatic rings. The molecule has 0 bridgehead atoms. The fourth-order valence-electron chi connectivity index (χ4n) is 4.89. The summed E-state index contributed by atoms with van der Waals surface area (Å²) in [7, 11) is -3.75. The first-order valence-corrected chi connectivity index (χ1v) is 12.5. The summed E-state index contributed by atoms with van der Waals surface area (Å²) in [4.78, 5) is 18.5. The first-order chi connectivity index (χ1) is 15.7. The van der Waals surface area contributed by atoms with Crippen LogP contribution in [-0.4, -0.2) is 48.9 Å². The number of hydrogen-bond acceptors (Lipinski definition) is 7. The van der Waals surface area contributed by atoms with Gasteiger partial charge in [0.1, 0.15) is 6.23 Å². The summed E-state index contributed by atoms with van der Waals surface area (Å²) < 4.78 is 28.4. The fraction of sp³-hybridized carbons (Fsp3) is 0.391. The highest BCUT2D eigenvalue weighted by atomic mass is 32.2. The maximum Gasteiger partial charge on any atom is 0.287 e. The van der Waals surface area contributed by atoms with E-state index in [4.69, 9.17) is 9.56 Å². The van der Waals surface area contributed by atoms with Crippen LogP contribution in [0.3, 0.4) is 0 Å². The van der Waals surface area contributed by atoms with Crippen molar-refractivity contribution >= 4 is 26.9 Å². The molecule has 33 heavy (non-hydrogen) atoms. The maximum atomic E-state index is 12.5. The second-order valence-corrected chi connectivity index (χ2v) is 10.6. The predicted molar refractivity (Wildman–Crippen MR) is 120 cm³/mol. The van der Waals surface area contributed by atoms with E-state index in [-0.39, 0.29) is 16.2 Å². The maximum absolute atomic E-state index is 12.5. The minimum absolute atomic E-state index is 0.0261. The Kier molecular flexibility index (Phi) is 5.48. The fourth-order valence-corrected chi connectivity index (χ4v) is 5.40. The van der Waals surface area contributed by atoms with Crippen molar-refractivity contribution in [2.45, 2.75) is 30.4 Å². The van der Waals surface area contributed by atoms with Gasteiger partial charge < -0.3 is 14.8 Å². The number of furan rings is 1. The average Bonchev–Trinajstić information content (AvgIpc) is 3.28. The first-order valence-electron chi connectivity index (χ1n) is 10.9. The van der Waals surface area contributed by atoms with Crippen molar-refractivity contribution < 1.29 is 22.7 Å². The summed E-state index contributed by atoms with van der Waals surface area (Å²) >= 11 is 0. The molecular weight excluding hydrogens is 444 g/mol. The molecule has 2 unspecified atom stereocenters. The number of nitrogens with one attached hydrogen (secondary N) is 1. The van der Waals surface area contributed by atoms with Gasteiger partial charge in [-0.25, -0.2) is 13.6 Å². The molecule has 10 heteroatoms. The minimum Gasteiger partial charge on any atom is -0.449 e. The Labute approximate surface area is 191 Å². The molecule has 9 nitrogen and oxygen atoms in total. The van der Waals surface area contributed by atoms with E-state index in [0.717, 1.165) is 37.7 Å². The van der Waals surface area contributed by atoms with Gasteiger partial charge in [0.25, 0.3) is 5.91 Å². The Bertz CT molecular complexity index is 1250. The van der Waals surface area contributed by atoms with E-state index in [2.05, 4.69) is 10.3 Å². The lowest BCUT2D eigenvalue weighted by molar-refractivity contribution is -0.0237. The number of pyridine rings is 1.